The maximum Gasteiger partial charge on any atom is 0.239 e. The molecule has 0 unspecified atom stereocenters. The van der Waals surface area contributed by atoms with Crippen molar-refractivity contribution >= 4 is 11.8 Å². The third kappa shape index (κ3) is 4.77. The fourth-order valence-electron chi connectivity index (χ4n) is 2.45. The third-order valence-electron chi connectivity index (χ3n) is 3.39. The summed E-state index contributed by atoms with van der Waals surface area (Å²) in [5.74, 6) is 0.668. The predicted octanol–water partition coefficient (Wildman–Crippen LogP) is 1.42. The summed E-state index contributed by atoms with van der Waals surface area (Å²) in [7, 11) is 0. The van der Waals surface area contributed by atoms with Crippen LogP contribution in [0.1, 0.15) is 24.0 Å². The van der Waals surface area contributed by atoms with Crippen LogP contribution in [0, 0.1) is 13.8 Å². The fraction of sp³-hybridized carbons (Fsp3) is 0.500. The number of amides is 2. The van der Waals surface area contributed by atoms with E-state index in [4.69, 9.17) is 4.74 Å². The van der Waals surface area contributed by atoms with Crippen molar-refractivity contribution in [2.24, 2.45) is 0 Å². The maximum absolute atomic E-state index is 12.1. The van der Waals surface area contributed by atoms with Crippen LogP contribution in [-0.4, -0.2) is 43.0 Å². The summed E-state index contributed by atoms with van der Waals surface area (Å²) in [5.41, 5.74) is 2.28. The minimum Gasteiger partial charge on any atom is -0.493 e. The zero-order valence-corrected chi connectivity index (χ0v) is 12.6. The molecule has 1 heterocycles. The first-order valence-electron chi connectivity index (χ1n) is 7.30. The van der Waals surface area contributed by atoms with Gasteiger partial charge in [0.25, 0.3) is 0 Å². The molecule has 2 amide bonds. The van der Waals surface area contributed by atoms with Gasteiger partial charge in [-0.3, -0.25) is 9.59 Å². The van der Waals surface area contributed by atoms with Crippen molar-refractivity contribution in [1.82, 2.24) is 10.2 Å². The molecule has 2 rings (SSSR count). The Hall–Kier alpha value is -2.04. The first kappa shape index (κ1) is 15.4. The summed E-state index contributed by atoms with van der Waals surface area (Å²) < 4.78 is 5.64. The molecule has 1 fully saturated rings. The summed E-state index contributed by atoms with van der Waals surface area (Å²) in [4.78, 5) is 25.1. The number of hydrogen-bond acceptors (Lipinski definition) is 3. The van der Waals surface area contributed by atoms with Crippen LogP contribution >= 0.6 is 0 Å². The van der Waals surface area contributed by atoms with E-state index in [-0.39, 0.29) is 18.4 Å². The lowest BCUT2D eigenvalue weighted by molar-refractivity contribution is -0.135. The number of carbonyl (C=O) groups excluding carboxylic acids is 2. The first-order valence-corrected chi connectivity index (χ1v) is 7.30. The first-order chi connectivity index (χ1) is 10.0. The SMILES string of the molecule is Cc1cc(C)cc(OCCC(=O)N2CCCNC(=O)C2)c1. The van der Waals surface area contributed by atoms with Gasteiger partial charge in [0.2, 0.25) is 11.8 Å². The van der Waals surface area contributed by atoms with E-state index in [1.807, 2.05) is 26.0 Å². The Morgan fingerprint density at radius 1 is 1.29 bits per heavy atom. The lowest BCUT2D eigenvalue weighted by Gasteiger charge is -2.19. The number of nitrogens with one attached hydrogen (secondary N) is 1. The highest BCUT2D eigenvalue weighted by Gasteiger charge is 2.19. The Balaban J connectivity index is 1.82. The summed E-state index contributed by atoms with van der Waals surface area (Å²) in [6.45, 7) is 5.78. The van der Waals surface area contributed by atoms with Gasteiger partial charge < -0.3 is 15.0 Å². The molecule has 1 aliphatic heterocycles. The summed E-state index contributed by atoms with van der Waals surface area (Å²) in [6.07, 6.45) is 1.09. The molecule has 1 N–H and O–H groups in total. The van der Waals surface area contributed by atoms with Gasteiger partial charge in [0.15, 0.2) is 0 Å². The van der Waals surface area contributed by atoms with Crippen molar-refractivity contribution in [1.29, 1.82) is 0 Å². The van der Waals surface area contributed by atoms with E-state index in [2.05, 4.69) is 11.4 Å². The molecular weight excluding hydrogens is 268 g/mol. The molecule has 1 saturated heterocycles. The monoisotopic (exact) mass is 290 g/mol. The smallest absolute Gasteiger partial charge is 0.239 e. The van der Waals surface area contributed by atoms with E-state index in [9.17, 15) is 9.59 Å². The largest absolute Gasteiger partial charge is 0.493 e. The average molecular weight is 290 g/mol. The summed E-state index contributed by atoms with van der Waals surface area (Å²) in [6, 6.07) is 5.99. The van der Waals surface area contributed by atoms with Crippen LogP contribution < -0.4 is 10.1 Å². The number of carbonyl (C=O) groups is 2. The van der Waals surface area contributed by atoms with E-state index >= 15 is 0 Å². The van der Waals surface area contributed by atoms with Gasteiger partial charge in [-0.25, -0.2) is 0 Å². The summed E-state index contributed by atoms with van der Waals surface area (Å²) >= 11 is 0. The molecule has 21 heavy (non-hydrogen) atoms. The highest BCUT2D eigenvalue weighted by molar-refractivity contribution is 5.85. The van der Waals surface area contributed by atoms with Crippen molar-refractivity contribution < 1.29 is 14.3 Å². The molecule has 114 valence electrons. The molecular formula is C16H22N2O3. The number of aryl methyl sites for hydroxylation is 2. The molecule has 1 aromatic carbocycles. The van der Waals surface area contributed by atoms with Gasteiger partial charge >= 0.3 is 0 Å². The molecule has 0 aromatic heterocycles. The Bertz CT molecular complexity index is 508. The average Bonchev–Trinajstić information content (AvgIpc) is 2.62. The number of rotatable bonds is 4. The second-order valence-electron chi connectivity index (χ2n) is 5.44. The third-order valence-corrected chi connectivity index (χ3v) is 3.39. The van der Waals surface area contributed by atoms with Crippen LogP contribution in [0.15, 0.2) is 18.2 Å². The van der Waals surface area contributed by atoms with Crippen LogP contribution in [0.5, 0.6) is 5.75 Å². The number of benzene rings is 1. The Labute approximate surface area is 125 Å². The molecule has 0 bridgehead atoms. The van der Waals surface area contributed by atoms with E-state index in [0.29, 0.717) is 26.1 Å². The molecule has 1 aliphatic rings. The number of nitrogens with zero attached hydrogens (tertiary/aromatic N) is 1. The molecule has 0 saturated carbocycles. The predicted molar refractivity (Wildman–Crippen MR) is 80.2 cm³/mol. The zero-order valence-electron chi connectivity index (χ0n) is 12.6. The van der Waals surface area contributed by atoms with Crippen molar-refractivity contribution in [2.45, 2.75) is 26.7 Å². The fourth-order valence-corrected chi connectivity index (χ4v) is 2.45. The Kier molecular flexibility index (Phi) is 5.20. The van der Waals surface area contributed by atoms with Gasteiger partial charge in [0.05, 0.1) is 19.6 Å². The number of ether oxygens (including phenoxy) is 1. The van der Waals surface area contributed by atoms with E-state index in [1.165, 1.54) is 0 Å². The topological polar surface area (TPSA) is 58.6 Å². The van der Waals surface area contributed by atoms with Crippen LogP contribution in [-0.2, 0) is 9.59 Å². The van der Waals surface area contributed by atoms with Crippen molar-refractivity contribution in [3.8, 4) is 5.75 Å². The van der Waals surface area contributed by atoms with Gasteiger partial charge in [-0.1, -0.05) is 6.07 Å². The van der Waals surface area contributed by atoms with Crippen LogP contribution in [0.3, 0.4) is 0 Å². The quantitative estimate of drug-likeness (QED) is 0.912. The highest BCUT2D eigenvalue weighted by Crippen LogP contribution is 2.16. The van der Waals surface area contributed by atoms with Crippen molar-refractivity contribution in [3.63, 3.8) is 0 Å². The van der Waals surface area contributed by atoms with Gasteiger partial charge in [0, 0.05) is 13.1 Å². The Morgan fingerprint density at radius 2 is 2.00 bits per heavy atom. The van der Waals surface area contributed by atoms with Gasteiger partial charge in [0.1, 0.15) is 5.75 Å². The normalized spacial score (nSPS) is 15.3. The van der Waals surface area contributed by atoms with E-state index in [0.717, 1.165) is 23.3 Å². The molecule has 5 nitrogen and oxygen atoms in total. The zero-order chi connectivity index (χ0) is 15.2. The summed E-state index contributed by atoms with van der Waals surface area (Å²) in [5, 5.41) is 2.76. The van der Waals surface area contributed by atoms with E-state index < -0.39 is 0 Å². The lowest BCUT2D eigenvalue weighted by Crippen LogP contribution is -2.37. The molecule has 0 atom stereocenters. The molecule has 1 aromatic rings. The van der Waals surface area contributed by atoms with Gasteiger partial charge in [-0.15, -0.1) is 0 Å². The highest BCUT2D eigenvalue weighted by atomic mass is 16.5. The van der Waals surface area contributed by atoms with Crippen molar-refractivity contribution in [3.05, 3.63) is 29.3 Å². The van der Waals surface area contributed by atoms with Gasteiger partial charge in [-0.05, 0) is 43.5 Å². The minimum absolute atomic E-state index is 0.0311. The maximum atomic E-state index is 12.1. The van der Waals surface area contributed by atoms with Gasteiger partial charge in [-0.2, -0.15) is 0 Å². The van der Waals surface area contributed by atoms with Crippen LogP contribution in [0.2, 0.25) is 0 Å². The van der Waals surface area contributed by atoms with Crippen LogP contribution in [0.4, 0.5) is 0 Å². The number of hydrogen-bond donors (Lipinski definition) is 1. The standard InChI is InChI=1S/C16H22N2O3/c1-12-8-13(2)10-14(9-12)21-7-4-16(20)18-6-3-5-17-15(19)11-18/h8-10H,3-7,11H2,1-2H3,(H,17,19). The van der Waals surface area contributed by atoms with Crippen molar-refractivity contribution in [2.75, 3.05) is 26.2 Å². The Morgan fingerprint density at radius 3 is 2.71 bits per heavy atom. The molecule has 0 radical (unpaired) electrons. The molecule has 0 aliphatic carbocycles. The van der Waals surface area contributed by atoms with Crippen LogP contribution in [0.25, 0.3) is 0 Å². The molecule has 5 heteroatoms. The van der Waals surface area contributed by atoms with E-state index in [1.54, 1.807) is 4.90 Å². The minimum atomic E-state index is -0.0870. The second kappa shape index (κ2) is 7.11. The molecule has 0 spiro atoms. The second-order valence-corrected chi connectivity index (χ2v) is 5.44. The lowest BCUT2D eigenvalue weighted by atomic mass is 10.1.